The SMILES string of the molecule is Cc1cc(C)c2c(c1)N(c1cc3c4c(c1)-n1c5ccccc5c5cccc(c51)B4c1cc([Si](C)(C)C)cc4c1N3C1(C)CCCCC41C)C1(C)CCCCC21C. The summed E-state index contributed by atoms with van der Waals surface area (Å²) in [6, 6.07) is 32.2. The molecule has 6 aromatic rings. The van der Waals surface area contributed by atoms with E-state index in [1.807, 2.05) is 0 Å². The first-order valence-electron chi connectivity index (χ1n) is 21.8. The number of nitrogens with zero attached hydrogens (tertiary/aromatic N) is 3. The van der Waals surface area contributed by atoms with Crippen LogP contribution < -0.4 is 31.4 Å². The van der Waals surface area contributed by atoms with Crippen LogP contribution in [0.3, 0.4) is 0 Å². The van der Waals surface area contributed by atoms with E-state index in [0.29, 0.717) is 0 Å². The quantitative estimate of drug-likeness (QED) is 0.163. The highest BCUT2D eigenvalue weighted by molar-refractivity contribution is 7.01. The number of hydrogen-bond donors (Lipinski definition) is 0. The molecule has 2 fully saturated rings. The predicted octanol–water partition coefficient (Wildman–Crippen LogP) is 10.6. The summed E-state index contributed by atoms with van der Waals surface area (Å²) in [6.07, 6.45) is 10.1. The number of benzene rings is 5. The van der Waals surface area contributed by atoms with Gasteiger partial charge >= 0.3 is 0 Å². The molecule has 12 rings (SSSR count). The second kappa shape index (κ2) is 10.4. The second-order valence-corrected chi connectivity index (χ2v) is 26.0. The van der Waals surface area contributed by atoms with Crippen molar-refractivity contribution in [3.05, 3.63) is 101 Å². The van der Waals surface area contributed by atoms with Crippen molar-refractivity contribution in [2.45, 2.75) is 134 Å². The van der Waals surface area contributed by atoms with Crippen molar-refractivity contribution >= 4 is 80.9 Å². The van der Waals surface area contributed by atoms with Crippen molar-refractivity contribution in [1.82, 2.24) is 4.57 Å². The van der Waals surface area contributed by atoms with Gasteiger partial charge in [0.2, 0.25) is 0 Å². The van der Waals surface area contributed by atoms with Gasteiger partial charge < -0.3 is 14.4 Å². The summed E-state index contributed by atoms with van der Waals surface area (Å²) < 4.78 is 2.70. The summed E-state index contributed by atoms with van der Waals surface area (Å²) in [5.41, 5.74) is 20.7. The lowest BCUT2D eigenvalue weighted by Gasteiger charge is -2.53. The van der Waals surface area contributed by atoms with Gasteiger partial charge in [0.25, 0.3) is 6.71 Å². The second-order valence-electron chi connectivity index (χ2n) is 20.9. The molecule has 3 nitrogen and oxygen atoms in total. The zero-order valence-electron chi connectivity index (χ0n) is 35.1. The molecule has 282 valence electrons. The minimum absolute atomic E-state index is 0.0118. The van der Waals surface area contributed by atoms with Crippen molar-refractivity contribution in [3.8, 4) is 5.69 Å². The third-order valence-corrected chi connectivity index (χ3v) is 19.1. The molecule has 6 aliphatic rings. The minimum atomic E-state index is -1.66. The highest BCUT2D eigenvalue weighted by atomic mass is 28.3. The number of rotatable bonds is 2. The molecule has 5 heterocycles. The molecule has 0 radical (unpaired) electrons. The Morgan fingerprint density at radius 3 is 2.07 bits per heavy atom. The van der Waals surface area contributed by atoms with E-state index in [0.717, 1.165) is 0 Å². The number of aryl methyl sites for hydroxylation is 2. The van der Waals surface area contributed by atoms with E-state index >= 15 is 0 Å². The average molecular weight is 750 g/mol. The van der Waals surface area contributed by atoms with Crippen molar-refractivity contribution in [3.63, 3.8) is 0 Å². The van der Waals surface area contributed by atoms with Crippen LogP contribution in [0.15, 0.2) is 78.9 Å². The highest BCUT2D eigenvalue weighted by Gasteiger charge is 2.63. The van der Waals surface area contributed by atoms with Gasteiger partial charge in [-0.2, -0.15) is 0 Å². The van der Waals surface area contributed by atoms with Gasteiger partial charge in [0.05, 0.1) is 24.7 Å². The van der Waals surface area contributed by atoms with E-state index in [4.69, 9.17) is 0 Å². The van der Waals surface area contributed by atoms with Crippen LogP contribution in [0.5, 0.6) is 0 Å². The smallest absolute Gasteiger partial charge is 0.252 e. The number of hydrogen-bond acceptors (Lipinski definition) is 2. The van der Waals surface area contributed by atoms with Gasteiger partial charge in [-0.05, 0) is 116 Å². The van der Waals surface area contributed by atoms with Crippen molar-refractivity contribution in [2.24, 2.45) is 0 Å². The Balaban J connectivity index is 1.26. The van der Waals surface area contributed by atoms with Gasteiger partial charge in [-0.25, -0.2) is 0 Å². The molecular weight excluding hydrogens is 693 g/mol. The lowest BCUT2D eigenvalue weighted by Crippen LogP contribution is -2.64. The van der Waals surface area contributed by atoms with Crippen LogP contribution in [-0.2, 0) is 10.8 Å². The first-order valence-corrected chi connectivity index (χ1v) is 25.3. The predicted molar refractivity (Wildman–Crippen MR) is 244 cm³/mol. The fourth-order valence-corrected chi connectivity index (χ4v) is 15.2. The normalized spacial score (nSPS) is 28.1. The highest BCUT2D eigenvalue weighted by Crippen LogP contribution is 2.64. The van der Waals surface area contributed by atoms with Crippen LogP contribution in [0.2, 0.25) is 19.6 Å². The van der Waals surface area contributed by atoms with E-state index < -0.39 is 8.07 Å². The Morgan fingerprint density at radius 2 is 1.30 bits per heavy atom. The van der Waals surface area contributed by atoms with E-state index in [-0.39, 0.29) is 28.6 Å². The minimum Gasteiger partial charge on any atom is -0.335 e. The summed E-state index contributed by atoms with van der Waals surface area (Å²) in [5, 5.41) is 4.36. The first-order chi connectivity index (χ1) is 26.7. The Bertz CT molecular complexity index is 2770. The monoisotopic (exact) mass is 749 g/mol. The van der Waals surface area contributed by atoms with Gasteiger partial charge in [0, 0.05) is 55.6 Å². The zero-order chi connectivity index (χ0) is 38.5. The van der Waals surface area contributed by atoms with Crippen LogP contribution in [0.1, 0.15) is 101 Å². The van der Waals surface area contributed by atoms with Crippen LogP contribution >= 0.6 is 0 Å². The van der Waals surface area contributed by atoms with Crippen molar-refractivity contribution in [2.75, 3.05) is 9.80 Å². The largest absolute Gasteiger partial charge is 0.335 e. The first kappa shape index (κ1) is 33.9. The summed E-state index contributed by atoms with van der Waals surface area (Å²) in [4.78, 5) is 5.83. The molecule has 4 atom stereocenters. The molecular formula is C51H56BN3Si. The number of aromatic nitrogens is 1. The van der Waals surface area contributed by atoms with Crippen LogP contribution in [0.25, 0.3) is 27.5 Å². The fourth-order valence-electron chi connectivity index (χ4n) is 14.1. The van der Waals surface area contributed by atoms with Crippen LogP contribution in [-0.4, -0.2) is 30.4 Å². The molecule has 5 aromatic carbocycles. The molecule has 4 unspecified atom stereocenters. The fraction of sp³-hybridized carbons (Fsp3) is 0.412. The maximum Gasteiger partial charge on any atom is 0.252 e. The summed E-state index contributed by atoms with van der Waals surface area (Å²) in [5.74, 6) is 0. The number of para-hydroxylation sites is 2. The number of fused-ring (bicyclic) bond motifs is 13. The standard InChI is InChI=1S/C51H56BN3Si/c1-31-25-32(2)44-41(26-31)54(51(6)24-15-13-22-49(44,51)4)33-27-42-45-43(28-33)55-47-37(48(3)21-12-14-23-50(48,55)5)29-34(56(7,8)9)30-39(47)52(45)38-19-16-18-36-35-17-10-11-20-40(35)53(42)46(36)38/h10-11,16-20,25-30H,12-15,21-24H2,1-9H3. The Morgan fingerprint density at radius 1 is 0.625 bits per heavy atom. The lowest BCUT2D eigenvalue weighted by molar-refractivity contribution is 0.193. The third kappa shape index (κ3) is 3.71. The Labute approximate surface area is 335 Å². The maximum absolute atomic E-state index is 2.96. The molecule has 56 heavy (non-hydrogen) atoms. The van der Waals surface area contributed by atoms with E-state index in [1.54, 1.807) is 27.5 Å². The van der Waals surface area contributed by atoms with Crippen molar-refractivity contribution in [1.29, 1.82) is 0 Å². The van der Waals surface area contributed by atoms with Gasteiger partial charge in [-0.1, -0.05) is 119 Å². The maximum atomic E-state index is 2.96. The van der Waals surface area contributed by atoms with E-state index in [1.165, 1.54) is 118 Å². The summed E-state index contributed by atoms with van der Waals surface area (Å²) in [7, 11) is -1.66. The molecule has 0 N–H and O–H groups in total. The van der Waals surface area contributed by atoms with Crippen LogP contribution in [0, 0.1) is 13.8 Å². The van der Waals surface area contributed by atoms with Gasteiger partial charge in [0.15, 0.2) is 0 Å². The molecule has 5 heteroatoms. The third-order valence-electron chi connectivity index (χ3n) is 17.1. The molecule has 2 saturated carbocycles. The summed E-state index contributed by atoms with van der Waals surface area (Å²) in [6.45, 7) is 23.1. The number of anilines is 4. The molecule has 0 amide bonds. The molecule has 1 aromatic heterocycles. The van der Waals surface area contributed by atoms with Gasteiger partial charge in [0.1, 0.15) is 0 Å². The molecule has 4 aliphatic heterocycles. The summed E-state index contributed by atoms with van der Waals surface area (Å²) >= 11 is 0. The lowest BCUT2D eigenvalue weighted by atomic mass is 9.33. The Kier molecular flexibility index (Phi) is 6.32. The van der Waals surface area contributed by atoms with Gasteiger partial charge in [-0.3, -0.25) is 0 Å². The zero-order valence-corrected chi connectivity index (χ0v) is 36.1. The average Bonchev–Trinajstić information content (AvgIpc) is 3.68. The molecule has 0 bridgehead atoms. The van der Waals surface area contributed by atoms with Gasteiger partial charge in [-0.15, -0.1) is 0 Å². The van der Waals surface area contributed by atoms with Crippen molar-refractivity contribution < 1.29 is 0 Å². The van der Waals surface area contributed by atoms with E-state index in [2.05, 4.69) is 154 Å². The molecule has 0 saturated heterocycles. The van der Waals surface area contributed by atoms with E-state index in [9.17, 15) is 0 Å². The van der Waals surface area contributed by atoms with Crippen LogP contribution in [0.4, 0.5) is 22.7 Å². The molecule has 2 aliphatic carbocycles. The molecule has 0 spiro atoms. The Hall–Kier alpha value is -4.22. The topological polar surface area (TPSA) is 11.4 Å².